The second kappa shape index (κ2) is 8.13. The summed E-state index contributed by atoms with van der Waals surface area (Å²) >= 11 is 0. The molecule has 2 aromatic rings. The molecule has 1 saturated heterocycles. The fourth-order valence-electron chi connectivity index (χ4n) is 3.21. The van der Waals surface area contributed by atoms with Crippen molar-refractivity contribution in [3.05, 3.63) is 54.5 Å². The van der Waals surface area contributed by atoms with Gasteiger partial charge in [0.05, 0.1) is 18.8 Å². The largest absolute Gasteiger partial charge is 0.468 e. The van der Waals surface area contributed by atoms with Gasteiger partial charge in [-0.2, -0.15) is 0 Å². The van der Waals surface area contributed by atoms with Gasteiger partial charge in [0.1, 0.15) is 5.76 Å². The molecule has 5 heteroatoms. The van der Waals surface area contributed by atoms with Crippen molar-refractivity contribution in [1.82, 2.24) is 9.80 Å². The summed E-state index contributed by atoms with van der Waals surface area (Å²) in [5.41, 5.74) is 0.859. The number of piperazine rings is 1. The Labute approximate surface area is 143 Å². The maximum atomic E-state index is 12.6. The monoisotopic (exact) mass is 327 g/mol. The maximum absolute atomic E-state index is 12.6. The van der Waals surface area contributed by atoms with Crippen LogP contribution in [0.15, 0.2) is 53.1 Å². The van der Waals surface area contributed by atoms with Gasteiger partial charge in [-0.25, -0.2) is 0 Å². The lowest BCUT2D eigenvalue weighted by Crippen LogP contribution is -2.53. The minimum Gasteiger partial charge on any atom is -0.468 e. The summed E-state index contributed by atoms with van der Waals surface area (Å²) in [6.45, 7) is 6.63. The van der Waals surface area contributed by atoms with Crippen LogP contribution in [0.4, 0.5) is 5.69 Å². The molecule has 0 radical (unpaired) electrons. The van der Waals surface area contributed by atoms with E-state index in [-0.39, 0.29) is 11.9 Å². The highest BCUT2D eigenvalue weighted by molar-refractivity contribution is 5.94. The molecule has 24 heavy (non-hydrogen) atoms. The van der Waals surface area contributed by atoms with Crippen LogP contribution in [0.2, 0.25) is 0 Å². The number of hydrogen-bond acceptors (Lipinski definition) is 4. The Hall–Kier alpha value is -2.11. The fourth-order valence-corrected chi connectivity index (χ4v) is 3.21. The van der Waals surface area contributed by atoms with Gasteiger partial charge < -0.3 is 9.73 Å². The number of benzene rings is 1. The number of furan rings is 1. The van der Waals surface area contributed by atoms with Crippen molar-refractivity contribution >= 4 is 11.6 Å². The first-order valence-electron chi connectivity index (χ1n) is 8.61. The lowest BCUT2D eigenvalue weighted by atomic mass is 10.1. The van der Waals surface area contributed by atoms with E-state index in [0.717, 1.165) is 50.6 Å². The molecule has 0 spiro atoms. The Balaban J connectivity index is 1.52. The van der Waals surface area contributed by atoms with Crippen LogP contribution in [0.1, 0.15) is 19.1 Å². The van der Waals surface area contributed by atoms with Crippen LogP contribution < -0.4 is 5.32 Å². The molecule has 3 rings (SSSR count). The minimum absolute atomic E-state index is 0.0732. The van der Waals surface area contributed by atoms with E-state index in [2.05, 4.69) is 22.0 Å². The van der Waals surface area contributed by atoms with Crippen LogP contribution >= 0.6 is 0 Å². The van der Waals surface area contributed by atoms with Gasteiger partial charge in [0.15, 0.2) is 0 Å². The number of para-hydroxylation sites is 1. The summed E-state index contributed by atoms with van der Waals surface area (Å²) < 4.78 is 5.42. The average Bonchev–Trinajstić information content (AvgIpc) is 3.11. The Kier molecular flexibility index (Phi) is 5.67. The molecular formula is C19H25N3O2. The van der Waals surface area contributed by atoms with Crippen molar-refractivity contribution in [3.8, 4) is 0 Å². The van der Waals surface area contributed by atoms with E-state index in [1.54, 1.807) is 6.26 Å². The van der Waals surface area contributed by atoms with Crippen LogP contribution in [0, 0.1) is 0 Å². The van der Waals surface area contributed by atoms with E-state index in [1.165, 1.54) is 0 Å². The molecule has 2 heterocycles. The van der Waals surface area contributed by atoms with Crippen LogP contribution in [-0.2, 0) is 11.3 Å². The summed E-state index contributed by atoms with van der Waals surface area (Å²) in [5.74, 6) is 1.08. The molecular weight excluding hydrogens is 302 g/mol. The number of nitrogens with one attached hydrogen (secondary N) is 1. The van der Waals surface area contributed by atoms with Gasteiger partial charge in [-0.1, -0.05) is 25.1 Å². The predicted octanol–water partition coefficient (Wildman–Crippen LogP) is 2.81. The number of amides is 1. The minimum atomic E-state index is -0.0732. The zero-order chi connectivity index (χ0) is 16.8. The van der Waals surface area contributed by atoms with Gasteiger partial charge in [-0.3, -0.25) is 14.6 Å². The topological polar surface area (TPSA) is 48.7 Å². The summed E-state index contributed by atoms with van der Waals surface area (Å²) in [6, 6.07) is 13.5. The molecule has 1 aliphatic rings. The quantitative estimate of drug-likeness (QED) is 0.886. The Morgan fingerprint density at radius 3 is 2.50 bits per heavy atom. The van der Waals surface area contributed by atoms with E-state index in [1.807, 2.05) is 42.5 Å². The normalized spacial score (nSPS) is 17.5. The molecule has 1 aliphatic heterocycles. The van der Waals surface area contributed by atoms with Crippen LogP contribution in [0.25, 0.3) is 0 Å². The van der Waals surface area contributed by atoms with Crippen molar-refractivity contribution in [2.45, 2.75) is 25.9 Å². The van der Waals surface area contributed by atoms with Crippen molar-refractivity contribution in [2.75, 3.05) is 31.5 Å². The Bertz CT molecular complexity index is 619. The first kappa shape index (κ1) is 16.7. The molecule has 0 bridgehead atoms. The molecule has 0 saturated carbocycles. The van der Waals surface area contributed by atoms with E-state index in [9.17, 15) is 4.79 Å². The zero-order valence-corrected chi connectivity index (χ0v) is 14.1. The number of carbonyl (C=O) groups is 1. The molecule has 1 aromatic heterocycles. The summed E-state index contributed by atoms with van der Waals surface area (Å²) in [6.07, 6.45) is 2.53. The smallest absolute Gasteiger partial charge is 0.241 e. The highest BCUT2D eigenvalue weighted by atomic mass is 16.3. The Morgan fingerprint density at radius 1 is 1.12 bits per heavy atom. The third-order valence-electron chi connectivity index (χ3n) is 4.54. The van der Waals surface area contributed by atoms with Crippen molar-refractivity contribution in [2.24, 2.45) is 0 Å². The van der Waals surface area contributed by atoms with Gasteiger partial charge in [0.25, 0.3) is 0 Å². The predicted molar refractivity (Wildman–Crippen MR) is 94.7 cm³/mol. The SMILES string of the molecule is CCC(C(=O)Nc1ccccc1)N1CCN(Cc2ccco2)CC1. The molecule has 1 fully saturated rings. The molecule has 1 aromatic carbocycles. The summed E-state index contributed by atoms with van der Waals surface area (Å²) in [5, 5.41) is 3.03. The fraction of sp³-hybridized carbons (Fsp3) is 0.421. The molecule has 1 amide bonds. The molecule has 5 nitrogen and oxygen atoms in total. The van der Waals surface area contributed by atoms with Crippen LogP contribution in [0.3, 0.4) is 0 Å². The number of hydrogen-bond donors (Lipinski definition) is 1. The molecule has 128 valence electrons. The van der Waals surface area contributed by atoms with Gasteiger partial charge in [-0.15, -0.1) is 0 Å². The van der Waals surface area contributed by atoms with Gasteiger partial charge in [0, 0.05) is 31.9 Å². The zero-order valence-electron chi connectivity index (χ0n) is 14.1. The number of anilines is 1. The second-order valence-electron chi connectivity index (χ2n) is 6.17. The molecule has 0 aliphatic carbocycles. The van der Waals surface area contributed by atoms with Gasteiger partial charge in [-0.05, 0) is 30.7 Å². The van der Waals surface area contributed by atoms with E-state index in [4.69, 9.17) is 4.42 Å². The average molecular weight is 327 g/mol. The summed E-state index contributed by atoms with van der Waals surface area (Å²) in [7, 11) is 0. The third kappa shape index (κ3) is 4.24. The van der Waals surface area contributed by atoms with E-state index < -0.39 is 0 Å². The van der Waals surface area contributed by atoms with Gasteiger partial charge >= 0.3 is 0 Å². The summed E-state index contributed by atoms with van der Waals surface area (Å²) in [4.78, 5) is 17.3. The highest BCUT2D eigenvalue weighted by Gasteiger charge is 2.27. The second-order valence-corrected chi connectivity index (χ2v) is 6.17. The standard InChI is InChI=1S/C19H25N3O2/c1-2-18(19(23)20-16-7-4-3-5-8-16)22-12-10-21(11-13-22)15-17-9-6-14-24-17/h3-9,14,18H,2,10-13,15H2,1H3,(H,20,23). The number of carbonyl (C=O) groups excluding carboxylic acids is 1. The maximum Gasteiger partial charge on any atom is 0.241 e. The first-order chi connectivity index (χ1) is 11.8. The molecule has 1 unspecified atom stereocenters. The van der Waals surface area contributed by atoms with Crippen LogP contribution in [-0.4, -0.2) is 47.9 Å². The molecule has 1 atom stereocenters. The third-order valence-corrected chi connectivity index (χ3v) is 4.54. The van der Waals surface area contributed by atoms with E-state index >= 15 is 0 Å². The van der Waals surface area contributed by atoms with Gasteiger partial charge in [0.2, 0.25) is 5.91 Å². The van der Waals surface area contributed by atoms with Crippen LogP contribution in [0.5, 0.6) is 0 Å². The number of nitrogens with zero attached hydrogens (tertiary/aromatic N) is 2. The van der Waals surface area contributed by atoms with Crippen molar-refractivity contribution < 1.29 is 9.21 Å². The lowest BCUT2D eigenvalue weighted by molar-refractivity contribution is -0.122. The highest BCUT2D eigenvalue weighted by Crippen LogP contribution is 2.15. The van der Waals surface area contributed by atoms with E-state index in [0.29, 0.717) is 0 Å². The molecule has 1 N–H and O–H groups in total. The van der Waals surface area contributed by atoms with Crippen molar-refractivity contribution in [3.63, 3.8) is 0 Å². The number of rotatable bonds is 6. The first-order valence-corrected chi connectivity index (χ1v) is 8.61. The Morgan fingerprint density at radius 2 is 1.88 bits per heavy atom. The lowest BCUT2D eigenvalue weighted by Gasteiger charge is -2.38. The van der Waals surface area contributed by atoms with Crippen molar-refractivity contribution in [1.29, 1.82) is 0 Å².